The fourth-order valence-electron chi connectivity index (χ4n) is 2.29. The van der Waals surface area contributed by atoms with Crippen molar-refractivity contribution in [1.82, 2.24) is 5.32 Å². The summed E-state index contributed by atoms with van der Waals surface area (Å²) in [5.74, 6) is 2.67. The first-order valence-corrected chi connectivity index (χ1v) is 10.2. The maximum atomic E-state index is 11.3. The molecule has 0 aliphatic carbocycles. The molecule has 0 aromatic heterocycles. The molecule has 0 atom stereocenters. The molecule has 0 radical (unpaired) electrons. The van der Waals surface area contributed by atoms with E-state index in [2.05, 4.69) is 22.1 Å². The molecule has 0 aliphatic heterocycles. The summed E-state index contributed by atoms with van der Waals surface area (Å²) >= 11 is 1.51. The van der Waals surface area contributed by atoms with Crippen LogP contribution in [0.4, 0.5) is 0 Å². The van der Waals surface area contributed by atoms with Gasteiger partial charge < -0.3 is 5.32 Å². The van der Waals surface area contributed by atoms with E-state index in [4.69, 9.17) is 11.8 Å². The lowest BCUT2D eigenvalue weighted by Gasteiger charge is -2.04. The number of rotatable bonds is 5. The zero-order valence-electron chi connectivity index (χ0n) is 17.0. The molecular weight excluding hydrogens is 394 g/mol. The minimum atomic E-state index is -0.110. The maximum absolute atomic E-state index is 11.3. The first-order valence-electron chi connectivity index (χ1n) is 8.97. The molecule has 2 aromatic rings. The van der Waals surface area contributed by atoms with Gasteiger partial charge in [0.15, 0.2) is 5.78 Å². The molecule has 2 rings (SSSR count). The number of benzene rings is 2. The van der Waals surface area contributed by atoms with E-state index in [0.717, 1.165) is 16.0 Å². The molecule has 0 bridgehead atoms. The second kappa shape index (κ2) is 13.4. The summed E-state index contributed by atoms with van der Waals surface area (Å²) in [6.45, 7) is 8.32. The van der Waals surface area contributed by atoms with Crippen LogP contribution in [0.2, 0.25) is 0 Å². The highest BCUT2D eigenvalue weighted by atomic mass is 32.2. The van der Waals surface area contributed by atoms with Crippen molar-refractivity contribution in [2.24, 2.45) is 0 Å². The molecule has 0 heterocycles. The van der Waals surface area contributed by atoms with E-state index in [1.807, 2.05) is 31.4 Å². The fraction of sp³-hybridized carbons (Fsp3) is 0.167. The van der Waals surface area contributed by atoms with Crippen LogP contribution in [0.5, 0.6) is 0 Å². The molecule has 1 amide bonds. The smallest absolute Gasteiger partial charge is 0.251 e. The van der Waals surface area contributed by atoms with Gasteiger partial charge in [0.25, 0.3) is 5.91 Å². The Labute approximate surface area is 181 Å². The van der Waals surface area contributed by atoms with Crippen LogP contribution in [0.1, 0.15) is 45.2 Å². The number of nitrogens with zero attached hydrogens (tertiary/aromatic N) is 2. The normalized spacial score (nSPS) is 9.57. The SMILES string of the molecule is CNC(=O)c1ccc(/C(=C\C#N)SC)cc1.[C-]#[N+]C#Cc1ccc(C(=O)CC)cc1. The Bertz CT molecular complexity index is 1050. The number of carbonyl (C=O) groups excluding carboxylic acids is 2. The van der Waals surface area contributed by atoms with E-state index < -0.39 is 0 Å². The van der Waals surface area contributed by atoms with Crippen molar-refractivity contribution in [2.45, 2.75) is 13.3 Å². The Hall–Kier alpha value is -3.79. The molecule has 0 fully saturated rings. The minimum Gasteiger partial charge on any atom is -0.355 e. The van der Waals surface area contributed by atoms with E-state index in [9.17, 15) is 9.59 Å². The zero-order valence-corrected chi connectivity index (χ0v) is 17.8. The van der Waals surface area contributed by atoms with Crippen LogP contribution in [0, 0.1) is 29.9 Å². The maximum Gasteiger partial charge on any atom is 0.251 e. The molecule has 0 saturated carbocycles. The van der Waals surface area contributed by atoms with Gasteiger partial charge in [0.1, 0.15) is 12.6 Å². The lowest BCUT2D eigenvalue weighted by molar-refractivity contribution is 0.0961. The molecule has 0 saturated heterocycles. The second-order valence-electron chi connectivity index (χ2n) is 5.70. The number of hydrogen-bond acceptors (Lipinski definition) is 4. The predicted octanol–water partition coefficient (Wildman–Crippen LogP) is 4.78. The van der Waals surface area contributed by atoms with Crippen molar-refractivity contribution >= 4 is 28.4 Å². The van der Waals surface area contributed by atoms with Crippen molar-refractivity contribution < 1.29 is 9.59 Å². The second-order valence-corrected chi connectivity index (χ2v) is 6.55. The third-order valence-corrected chi connectivity index (χ3v) is 4.65. The van der Waals surface area contributed by atoms with Crippen molar-refractivity contribution in [1.29, 1.82) is 5.26 Å². The Morgan fingerprint density at radius 3 is 2.13 bits per heavy atom. The lowest BCUT2D eigenvalue weighted by Crippen LogP contribution is -2.17. The quantitative estimate of drug-likeness (QED) is 0.330. The molecule has 6 heteroatoms. The molecule has 30 heavy (non-hydrogen) atoms. The summed E-state index contributed by atoms with van der Waals surface area (Å²) < 4.78 is 0. The largest absolute Gasteiger partial charge is 0.355 e. The average molecular weight is 416 g/mol. The third-order valence-electron chi connectivity index (χ3n) is 3.86. The van der Waals surface area contributed by atoms with Gasteiger partial charge in [0.2, 0.25) is 0 Å². The van der Waals surface area contributed by atoms with Crippen LogP contribution >= 0.6 is 11.8 Å². The molecule has 0 aliphatic rings. The number of amides is 1. The van der Waals surface area contributed by atoms with Gasteiger partial charge in [-0.15, -0.1) is 11.8 Å². The zero-order chi connectivity index (χ0) is 22.4. The van der Waals surface area contributed by atoms with Gasteiger partial charge in [0.05, 0.1) is 6.07 Å². The van der Waals surface area contributed by atoms with Crippen LogP contribution in [-0.2, 0) is 0 Å². The molecular formula is C24H21N3O2S. The predicted molar refractivity (Wildman–Crippen MR) is 121 cm³/mol. The number of hydrogen-bond donors (Lipinski definition) is 1. The van der Waals surface area contributed by atoms with Gasteiger partial charge >= 0.3 is 0 Å². The van der Waals surface area contributed by atoms with Gasteiger partial charge in [-0.05, 0) is 36.1 Å². The Morgan fingerprint density at radius 1 is 1.10 bits per heavy atom. The van der Waals surface area contributed by atoms with Crippen molar-refractivity contribution in [2.75, 3.05) is 13.3 Å². The number of ketones is 1. The molecule has 0 unspecified atom stereocenters. The number of nitrogens with one attached hydrogen (secondary N) is 1. The standard InChI is InChI=1S/C12H12N2OS.C12H9NO/c1-14-12(15)10-5-3-9(4-6-10)11(16-2)7-8-13;1-3-12(14)11-6-4-10(5-7-11)8-9-13-2/h3-7H,1-2H3,(H,14,15);4-7H,3H2,1H3/b11-7+;. The number of Topliss-reactive ketones (excluding diaryl/α,β-unsaturated/α-hetero) is 1. The molecule has 150 valence electrons. The number of carbonyl (C=O) groups is 2. The van der Waals surface area contributed by atoms with Gasteiger partial charge in [-0.2, -0.15) is 10.1 Å². The van der Waals surface area contributed by atoms with Crippen LogP contribution in [0.3, 0.4) is 0 Å². The summed E-state index contributed by atoms with van der Waals surface area (Å²) in [6.07, 6.45) is 3.92. The van der Waals surface area contributed by atoms with Crippen molar-refractivity contribution in [3.05, 3.63) is 88.3 Å². The van der Waals surface area contributed by atoms with Crippen LogP contribution in [0.15, 0.2) is 54.6 Å². The highest BCUT2D eigenvalue weighted by Crippen LogP contribution is 2.24. The summed E-state index contributed by atoms with van der Waals surface area (Å²) in [4.78, 5) is 26.4. The van der Waals surface area contributed by atoms with Crippen LogP contribution in [0.25, 0.3) is 9.75 Å². The van der Waals surface area contributed by atoms with Crippen LogP contribution in [-0.4, -0.2) is 25.0 Å². The summed E-state index contributed by atoms with van der Waals surface area (Å²) in [5, 5.41) is 11.2. The molecule has 5 nitrogen and oxygen atoms in total. The third kappa shape index (κ3) is 7.68. The Morgan fingerprint density at radius 2 is 1.67 bits per heavy atom. The minimum absolute atomic E-state index is 0.110. The highest BCUT2D eigenvalue weighted by Gasteiger charge is 2.04. The molecule has 1 N–H and O–H groups in total. The average Bonchev–Trinajstić information content (AvgIpc) is 2.81. The fourth-order valence-corrected chi connectivity index (χ4v) is 2.83. The van der Waals surface area contributed by atoms with Gasteiger partial charge in [-0.1, -0.05) is 37.1 Å². The topological polar surface area (TPSA) is 74.3 Å². The van der Waals surface area contributed by atoms with E-state index >= 15 is 0 Å². The van der Waals surface area contributed by atoms with E-state index in [0.29, 0.717) is 17.5 Å². The molecule has 2 aromatic carbocycles. The van der Waals surface area contributed by atoms with E-state index in [1.165, 1.54) is 17.8 Å². The first-order chi connectivity index (χ1) is 14.5. The highest BCUT2D eigenvalue weighted by molar-refractivity contribution is 8.07. The number of thioether (sulfide) groups is 1. The van der Waals surface area contributed by atoms with Gasteiger partial charge in [-0.3, -0.25) is 9.59 Å². The summed E-state index contributed by atoms with van der Waals surface area (Å²) in [7, 11) is 1.60. The number of allylic oxidation sites excluding steroid dienone is 1. The van der Waals surface area contributed by atoms with E-state index in [-0.39, 0.29) is 11.7 Å². The monoisotopic (exact) mass is 415 g/mol. The Balaban J connectivity index is 0.000000303. The Kier molecular flexibility index (Phi) is 10.8. The van der Waals surface area contributed by atoms with Crippen LogP contribution < -0.4 is 5.32 Å². The molecule has 0 spiro atoms. The first kappa shape index (κ1) is 24.2. The number of nitriles is 1. The van der Waals surface area contributed by atoms with Gasteiger partial charge in [0, 0.05) is 41.1 Å². The van der Waals surface area contributed by atoms with Crippen molar-refractivity contribution in [3.63, 3.8) is 0 Å². The van der Waals surface area contributed by atoms with Crippen molar-refractivity contribution in [3.8, 4) is 18.0 Å². The van der Waals surface area contributed by atoms with E-state index in [1.54, 1.807) is 43.4 Å². The summed E-state index contributed by atoms with van der Waals surface area (Å²) in [6, 6.07) is 18.4. The van der Waals surface area contributed by atoms with Gasteiger partial charge in [-0.25, -0.2) is 0 Å². The summed E-state index contributed by atoms with van der Waals surface area (Å²) in [5.41, 5.74) is 3.01. The lowest BCUT2D eigenvalue weighted by atomic mass is 10.1.